The van der Waals surface area contributed by atoms with Gasteiger partial charge in [0, 0.05) is 10.0 Å². The molecule has 0 aliphatic carbocycles. The summed E-state index contributed by atoms with van der Waals surface area (Å²) in [6, 6.07) is 10.7. The number of hydrogen-bond acceptors (Lipinski definition) is 3. The van der Waals surface area contributed by atoms with Gasteiger partial charge in [0.2, 0.25) is 0 Å². The van der Waals surface area contributed by atoms with E-state index in [-0.39, 0.29) is 11.6 Å². The molecule has 24 heavy (non-hydrogen) atoms. The van der Waals surface area contributed by atoms with Crippen molar-refractivity contribution in [2.75, 3.05) is 7.11 Å². The number of alkyl halides is 3. The van der Waals surface area contributed by atoms with Gasteiger partial charge in [-0.3, -0.25) is 4.99 Å². The largest absolute Gasteiger partial charge is 0.573 e. The van der Waals surface area contributed by atoms with Crippen LogP contribution < -0.4 is 15.2 Å². The molecule has 0 radical (unpaired) electrons. The number of rotatable bonds is 5. The first kappa shape index (κ1) is 18.1. The fourth-order valence-corrected chi connectivity index (χ4v) is 2.44. The normalized spacial score (nSPS) is 12.1. The molecule has 2 N–H and O–H groups in total. The molecule has 0 saturated heterocycles. The molecule has 4 nitrogen and oxygen atoms in total. The first-order chi connectivity index (χ1) is 11.3. The monoisotopic (exact) mass is 402 g/mol. The van der Waals surface area contributed by atoms with Crippen LogP contribution in [-0.4, -0.2) is 19.3 Å². The van der Waals surface area contributed by atoms with Crippen LogP contribution in [0, 0.1) is 0 Å². The number of halogens is 4. The summed E-state index contributed by atoms with van der Waals surface area (Å²) in [5.74, 6) is 0.588. The van der Waals surface area contributed by atoms with Gasteiger partial charge in [0.05, 0.1) is 13.7 Å². The van der Waals surface area contributed by atoms with E-state index >= 15 is 0 Å². The molecule has 0 bridgehead atoms. The number of nitrogens with zero attached hydrogens (tertiary/aromatic N) is 1. The topological polar surface area (TPSA) is 56.8 Å². The van der Waals surface area contributed by atoms with E-state index in [1.54, 1.807) is 7.11 Å². The molecule has 0 aliphatic heterocycles. The zero-order chi connectivity index (χ0) is 17.7. The average Bonchev–Trinajstić information content (AvgIpc) is 2.51. The molecule has 0 saturated carbocycles. The molecule has 0 aromatic heterocycles. The Morgan fingerprint density at radius 3 is 2.38 bits per heavy atom. The SMILES string of the molecule is COc1cc(Br)cc(CN=C(N)c2ccc(OC(F)(F)F)cc2)c1. The predicted octanol–water partition coefficient (Wildman–Crippen LogP) is 4.26. The molecule has 128 valence electrons. The van der Waals surface area contributed by atoms with E-state index in [1.807, 2.05) is 18.2 Å². The Bertz CT molecular complexity index is 731. The Hall–Kier alpha value is -2.22. The van der Waals surface area contributed by atoms with Gasteiger partial charge in [-0.15, -0.1) is 13.2 Å². The highest BCUT2D eigenvalue weighted by molar-refractivity contribution is 9.10. The number of hydrogen-bond donors (Lipinski definition) is 1. The number of aliphatic imine (C=N–C) groups is 1. The molecule has 0 aliphatic rings. The van der Waals surface area contributed by atoms with Crippen molar-refractivity contribution in [2.45, 2.75) is 12.9 Å². The van der Waals surface area contributed by atoms with Crippen molar-refractivity contribution in [3.63, 3.8) is 0 Å². The van der Waals surface area contributed by atoms with Gasteiger partial charge in [-0.1, -0.05) is 15.9 Å². The summed E-state index contributed by atoms with van der Waals surface area (Å²) >= 11 is 3.37. The second-order valence-corrected chi connectivity index (χ2v) is 5.69. The second kappa shape index (κ2) is 7.57. The summed E-state index contributed by atoms with van der Waals surface area (Å²) in [5.41, 5.74) is 7.25. The molecule has 0 fully saturated rings. The third-order valence-corrected chi connectivity index (χ3v) is 3.44. The lowest BCUT2D eigenvalue weighted by molar-refractivity contribution is -0.274. The summed E-state index contributed by atoms with van der Waals surface area (Å²) < 4.78 is 46.2. The van der Waals surface area contributed by atoms with Gasteiger partial charge in [-0.25, -0.2) is 0 Å². The zero-order valence-electron chi connectivity index (χ0n) is 12.6. The molecule has 0 amide bonds. The summed E-state index contributed by atoms with van der Waals surface area (Å²) in [5, 5.41) is 0. The van der Waals surface area contributed by atoms with Gasteiger partial charge in [-0.2, -0.15) is 0 Å². The predicted molar refractivity (Wildman–Crippen MR) is 88.2 cm³/mol. The number of nitrogens with two attached hydrogens (primary N) is 1. The van der Waals surface area contributed by atoms with Crippen LogP contribution in [-0.2, 0) is 6.54 Å². The molecule has 0 heterocycles. The van der Waals surface area contributed by atoms with Crippen molar-refractivity contribution in [3.05, 3.63) is 58.1 Å². The maximum absolute atomic E-state index is 12.1. The minimum absolute atomic E-state index is 0.215. The Balaban J connectivity index is 2.09. The molecular weight excluding hydrogens is 389 g/mol. The highest BCUT2D eigenvalue weighted by Crippen LogP contribution is 2.23. The number of amidine groups is 1. The number of ether oxygens (including phenoxy) is 2. The van der Waals surface area contributed by atoms with E-state index in [9.17, 15) is 13.2 Å². The lowest BCUT2D eigenvalue weighted by Crippen LogP contribution is -2.17. The van der Waals surface area contributed by atoms with E-state index in [0.29, 0.717) is 17.9 Å². The van der Waals surface area contributed by atoms with Crippen LogP contribution in [0.1, 0.15) is 11.1 Å². The standard InChI is InChI=1S/C16H14BrF3N2O2/c1-23-14-7-10(6-12(17)8-14)9-22-15(21)11-2-4-13(5-3-11)24-16(18,19)20/h2-8H,9H2,1H3,(H2,21,22). The van der Waals surface area contributed by atoms with Gasteiger partial charge in [0.1, 0.15) is 17.3 Å². The Morgan fingerprint density at radius 1 is 1.12 bits per heavy atom. The third-order valence-electron chi connectivity index (χ3n) is 2.98. The maximum atomic E-state index is 12.1. The fourth-order valence-electron chi connectivity index (χ4n) is 1.92. The van der Waals surface area contributed by atoms with Gasteiger partial charge in [-0.05, 0) is 48.0 Å². The molecule has 2 aromatic carbocycles. The van der Waals surface area contributed by atoms with E-state index in [2.05, 4.69) is 25.7 Å². The van der Waals surface area contributed by atoms with Crippen LogP contribution in [0.15, 0.2) is 51.9 Å². The highest BCUT2D eigenvalue weighted by Gasteiger charge is 2.30. The second-order valence-electron chi connectivity index (χ2n) is 4.77. The maximum Gasteiger partial charge on any atom is 0.573 e. The quantitative estimate of drug-likeness (QED) is 0.600. The minimum atomic E-state index is -4.72. The van der Waals surface area contributed by atoms with E-state index in [4.69, 9.17) is 10.5 Å². The van der Waals surface area contributed by atoms with Crippen LogP contribution in [0.25, 0.3) is 0 Å². The molecular formula is C16H14BrF3N2O2. The summed E-state index contributed by atoms with van der Waals surface area (Å²) in [4.78, 5) is 4.24. The summed E-state index contributed by atoms with van der Waals surface area (Å²) in [6.45, 7) is 0.308. The van der Waals surface area contributed by atoms with Crippen LogP contribution >= 0.6 is 15.9 Å². The van der Waals surface area contributed by atoms with E-state index < -0.39 is 6.36 Å². The van der Waals surface area contributed by atoms with Crippen LogP contribution in [0.2, 0.25) is 0 Å². The first-order valence-electron chi connectivity index (χ1n) is 6.76. The highest BCUT2D eigenvalue weighted by atomic mass is 79.9. The minimum Gasteiger partial charge on any atom is -0.497 e. The third kappa shape index (κ3) is 5.45. The zero-order valence-corrected chi connectivity index (χ0v) is 14.2. The molecule has 0 unspecified atom stereocenters. The van der Waals surface area contributed by atoms with Crippen molar-refractivity contribution in [1.82, 2.24) is 0 Å². The van der Waals surface area contributed by atoms with Gasteiger partial charge >= 0.3 is 6.36 Å². The molecule has 0 spiro atoms. The van der Waals surface area contributed by atoms with Crippen molar-refractivity contribution in [2.24, 2.45) is 10.7 Å². The molecule has 0 atom stereocenters. The Labute approximate surface area is 145 Å². The first-order valence-corrected chi connectivity index (χ1v) is 7.56. The van der Waals surface area contributed by atoms with Gasteiger partial charge in [0.15, 0.2) is 0 Å². The van der Waals surface area contributed by atoms with Crippen LogP contribution in [0.3, 0.4) is 0 Å². The van der Waals surface area contributed by atoms with E-state index in [0.717, 1.165) is 10.0 Å². The van der Waals surface area contributed by atoms with Crippen molar-refractivity contribution in [3.8, 4) is 11.5 Å². The number of methoxy groups -OCH3 is 1. The Morgan fingerprint density at radius 2 is 1.79 bits per heavy atom. The van der Waals surface area contributed by atoms with Crippen LogP contribution in [0.5, 0.6) is 11.5 Å². The summed E-state index contributed by atoms with van der Waals surface area (Å²) in [7, 11) is 1.56. The fraction of sp³-hybridized carbons (Fsp3) is 0.188. The van der Waals surface area contributed by atoms with Crippen molar-refractivity contribution in [1.29, 1.82) is 0 Å². The molecule has 2 rings (SSSR count). The van der Waals surface area contributed by atoms with Crippen LogP contribution in [0.4, 0.5) is 13.2 Å². The van der Waals surface area contributed by atoms with Gasteiger partial charge in [0.25, 0.3) is 0 Å². The Kier molecular flexibility index (Phi) is 5.71. The summed E-state index contributed by atoms with van der Waals surface area (Å²) in [6.07, 6.45) is -4.72. The van der Waals surface area contributed by atoms with Gasteiger partial charge < -0.3 is 15.2 Å². The van der Waals surface area contributed by atoms with Crippen molar-refractivity contribution < 1.29 is 22.6 Å². The van der Waals surface area contributed by atoms with E-state index in [1.165, 1.54) is 24.3 Å². The molecule has 2 aromatic rings. The lowest BCUT2D eigenvalue weighted by atomic mass is 10.2. The molecule has 8 heteroatoms. The van der Waals surface area contributed by atoms with Crippen molar-refractivity contribution >= 4 is 21.8 Å². The lowest BCUT2D eigenvalue weighted by Gasteiger charge is -2.09. The number of benzene rings is 2. The average molecular weight is 403 g/mol. The smallest absolute Gasteiger partial charge is 0.497 e.